The van der Waals surface area contributed by atoms with Crippen molar-refractivity contribution in [2.24, 2.45) is 4.99 Å². The van der Waals surface area contributed by atoms with Crippen LogP contribution in [-0.4, -0.2) is 60.6 Å². The fraction of sp³-hybridized carbons (Fsp3) is 0.933. The summed E-state index contributed by atoms with van der Waals surface area (Å²) < 4.78 is 0.235. The Hall–Kier alpha value is -0.420. The minimum atomic E-state index is 0.235. The normalized spacial score (nSPS) is 19.4. The second-order valence-corrected chi connectivity index (χ2v) is 7.95. The zero-order valence-electron chi connectivity index (χ0n) is 14.0. The van der Waals surface area contributed by atoms with Gasteiger partial charge >= 0.3 is 0 Å². The molecule has 118 valence electrons. The maximum atomic E-state index is 4.35. The molecule has 5 heteroatoms. The second-order valence-electron chi connectivity index (χ2n) is 6.44. The van der Waals surface area contributed by atoms with E-state index in [-0.39, 0.29) is 4.75 Å². The summed E-state index contributed by atoms with van der Waals surface area (Å²) in [6.45, 7) is 12.3. The molecule has 1 aliphatic rings. The number of rotatable bonds is 5. The summed E-state index contributed by atoms with van der Waals surface area (Å²) in [6.07, 6.45) is 4.55. The van der Waals surface area contributed by atoms with Crippen LogP contribution in [-0.2, 0) is 0 Å². The Kier molecular flexibility index (Phi) is 7.17. The van der Waals surface area contributed by atoms with Crippen LogP contribution in [0.25, 0.3) is 0 Å². The van der Waals surface area contributed by atoms with E-state index in [4.69, 9.17) is 0 Å². The van der Waals surface area contributed by atoms with Crippen molar-refractivity contribution in [1.29, 1.82) is 0 Å². The van der Waals surface area contributed by atoms with Crippen molar-refractivity contribution in [2.75, 3.05) is 32.9 Å². The van der Waals surface area contributed by atoms with Crippen LogP contribution in [0.15, 0.2) is 4.99 Å². The lowest BCUT2D eigenvalue weighted by Crippen LogP contribution is -2.51. The lowest BCUT2D eigenvalue weighted by Gasteiger charge is -2.35. The zero-order chi connectivity index (χ0) is 15.2. The quantitative estimate of drug-likeness (QED) is 0.603. The van der Waals surface area contributed by atoms with Crippen LogP contribution < -0.4 is 10.6 Å². The summed E-state index contributed by atoms with van der Waals surface area (Å²) >= 11 is 1.88. The van der Waals surface area contributed by atoms with Gasteiger partial charge in [-0.05, 0) is 46.8 Å². The molecule has 0 aromatic rings. The van der Waals surface area contributed by atoms with Crippen LogP contribution in [0.4, 0.5) is 0 Å². The van der Waals surface area contributed by atoms with E-state index >= 15 is 0 Å². The SMILES string of the molecule is CN=C(NCC(C)(C)SC)NC1CCN(C(C)C)CC1. The summed E-state index contributed by atoms with van der Waals surface area (Å²) in [5.74, 6) is 0.940. The third-order valence-corrected chi connectivity index (χ3v) is 5.31. The van der Waals surface area contributed by atoms with Gasteiger partial charge in [-0.1, -0.05) is 0 Å². The molecule has 2 N–H and O–H groups in total. The fourth-order valence-corrected chi connectivity index (χ4v) is 2.53. The number of hydrogen-bond donors (Lipinski definition) is 2. The highest BCUT2D eigenvalue weighted by Gasteiger charge is 2.22. The van der Waals surface area contributed by atoms with E-state index in [2.05, 4.69) is 54.5 Å². The number of nitrogens with zero attached hydrogens (tertiary/aromatic N) is 2. The van der Waals surface area contributed by atoms with Gasteiger partial charge in [0.1, 0.15) is 0 Å². The third kappa shape index (κ3) is 5.92. The molecule has 0 aliphatic carbocycles. The molecule has 0 bridgehead atoms. The lowest BCUT2D eigenvalue weighted by atomic mass is 10.0. The van der Waals surface area contributed by atoms with E-state index in [1.807, 2.05) is 18.8 Å². The van der Waals surface area contributed by atoms with Gasteiger partial charge in [-0.25, -0.2) is 0 Å². The van der Waals surface area contributed by atoms with E-state index in [9.17, 15) is 0 Å². The van der Waals surface area contributed by atoms with Crippen molar-refractivity contribution in [3.63, 3.8) is 0 Å². The molecule has 0 aromatic heterocycles. The number of guanidine groups is 1. The Morgan fingerprint density at radius 2 is 1.95 bits per heavy atom. The van der Waals surface area contributed by atoms with Crippen molar-refractivity contribution in [1.82, 2.24) is 15.5 Å². The molecule has 0 radical (unpaired) electrons. The highest BCUT2D eigenvalue weighted by Crippen LogP contribution is 2.19. The average molecular weight is 301 g/mol. The van der Waals surface area contributed by atoms with Crippen molar-refractivity contribution >= 4 is 17.7 Å². The Labute approximate surface area is 129 Å². The molecule has 0 spiro atoms. The van der Waals surface area contributed by atoms with Crippen LogP contribution in [0.5, 0.6) is 0 Å². The largest absolute Gasteiger partial charge is 0.355 e. The standard InChI is InChI=1S/C15H32N4S/c1-12(2)19-9-7-13(8-10-19)18-14(16-5)17-11-15(3,4)20-6/h12-13H,7-11H2,1-6H3,(H2,16,17,18). The van der Waals surface area contributed by atoms with E-state index in [0.717, 1.165) is 12.5 Å². The van der Waals surface area contributed by atoms with Gasteiger partial charge in [0, 0.05) is 43.5 Å². The topological polar surface area (TPSA) is 39.7 Å². The number of nitrogens with one attached hydrogen (secondary N) is 2. The van der Waals surface area contributed by atoms with Crippen LogP contribution in [0.2, 0.25) is 0 Å². The van der Waals surface area contributed by atoms with E-state index in [0.29, 0.717) is 12.1 Å². The van der Waals surface area contributed by atoms with E-state index < -0.39 is 0 Å². The first kappa shape index (κ1) is 17.6. The van der Waals surface area contributed by atoms with E-state index in [1.54, 1.807) is 0 Å². The first-order valence-electron chi connectivity index (χ1n) is 7.64. The van der Waals surface area contributed by atoms with Gasteiger partial charge in [0.25, 0.3) is 0 Å². The molecule has 1 fully saturated rings. The maximum Gasteiger partial charge on any atom is 0.191 e. The van der Waals surface area contributed by atoms with Crippen LogP contribution in [0.3, 0.4) is 0 Å². The molecule has 0 saturated carbocycles. The van der Waals surface area contributed by atoms with Gasteiger partial charge in [-0.2, -0.15) is 11.8 Å². The van der Waals surface area contributed by atoms with Gasteiger partial charge in [0.05, 0.1) is 0 Å². The fourth-order valence-electron chi connectivity index (χ4n) is 2.32. The summed E-state index contributed by atoms with van der Waals surface area (Å²) in [5, 5.41) is 7.01. The minimum Gasteiger partial charge on any atom is -0.355 e. The smallest absolute Gasteiger partial charge is 0.191 e. The summed E-state index contributed by atoms with van der Waals surface area (Å²) in [7, 11) is 1.85. The van der Waals surface area contributed by atoms with Gasteiger partial charge in [-0.15, -0.1) is 0 Å². The van der Waals surface area contributed by atoms with Crippen molar-refractivity contribution < 1.29 is 0 Å². The van der Waals surface area contributed by atoms with Gasteiger partial charge in [-0.3, -0.25) is 4.99 Å². The molecule has 20 heavy (non-hydrogen) atoms. The predicted molar refractivity (Wildman–Crippen MR) is 91.8 cm³/mol. The summed E-state index contributed by atoms with van der Waals surface area (Å²) in [5.41, 5.74) is 0. The molecular weight excluding hydrogens is 268 g/mol. The predicted octanol–water partition coefficient (Wildman–Crippen LogP) is 2.17. The van der Waals surface area contributed by atoms with Crippen molar-refractivity contribution in [3.8, 4) is 0 Å². The monoisotopic (exact) mass is 300 g/mol. The molecule has 0 amide bonds. The first-order valence-corrected chi connectivity index (χ1v) is 8.87. The first-order chi connectivity index (χ1) is 9.38. The highest BCUT2D eigenvalue weighted by atomic mass is 32.2. The van der Waals surface area contributed by atoms with Crippen molar-refractivity contribution in [3.05, 3.63) is 0 Å². The Morgan fingerprint density at radius 3 is 2.40 bits per heavy atom. The number of likely N-dealkylation sites (tertiary alicyclic amines) is 1. The number of thioether (sulfide) groups is 1. The molecule has 4 nitrogen and oxygen atoms in total. The summed E-state index contributed by atoms with van der Waals surface area (Å²) in [4.78, 5) is 6.89. The van der Waals surface area contributed by atoms with Crippen LogP contribution in [0.1, 0.15) is 40.5 Å². The number of piperidine rings is 1. The van der Waals surface area contributed by atoms with Gasteiger partial charge in [0.15, 0.2) is 5.96 Å². The Morgan fingerprint density at radius 1 is 1.35 bits per heavy atom. The Balaban J connectivity index is 2.35. The van der Waals surface area contributed by atoms with Gasteiger partial charge < -0.3 is 15.5 Å². The molecule has 1 aliphatic heterocycles. The minimum absolute atomic E-state index is 0.235. The maximum absolute atomic E-state index is 4.35. The van der Waals surface area contributed by atoms with Crippen molar-refractivity contribution in [2.45, 2.75) is 57.4 Å². The molecule has 0 atom stereocenters. The van der Waals surface area contributed by atoms with E-state index in [1.165, 1.54) is 25.9 Å². The molecule has 1 heterocycles. The third-order valence-electron chi connectivity index (χ3n) is 4.06. The molecule has 0 aromatic carbocycles. The second kappa shape index (κ2) is 8.13. The van der Waals surface area contributed by atoms with Crippen LogP contribution in [0, 0.1) is 0 Å². The number of aliphatic imine (C=N–C) groups is 1. The summed E-state index contributed by atoms with van der Waals surface area (Å²) in [6, 6.07) is 1.21. The van der Waals surface area contributed by atoms with Crippen LogP contribution >= 0.6 is 11.8 Å². The molecule has 0 unspecified atom stereocenters. The lowest BCUT2D eigenvalue weighted by molar-refractivity contribution is 0.167. The molecule has 1 saturated heterocycles. The molecular formula is C15H32N4S. The number of hydrogen-bond acceptors (Lipinski definition) is 3. The Bertz CT molecular complexity index is 307. The molecule has 1 rings (SSSR count). The zero-order valence-corrected chi connectivity index (χ0v) is 14.8. The average Bonchev–Trinajstić information content (AvgIpc) is 2.44. The van der Waals surface area contributed by atoms with Gasteiger partial charge in [0.2, 0.25) is 0 Å². The highest BCUT2D eigenvalue weighted by molar-refractivity contribution is 7.99.